The predicted molar refractivity (Wildman–Crippen MR) is 47.6 cm³/mol. The predicted octanol–water partition coefficient (Wildman–Crippen LogP) is 2.99. The third kappa shape index (κ3) is 2.48. The summed E-state index contributed by atoms with van der Waals surface area (Å²) in [5, 5.41) is 0. The third-order valence-electron chi connectivity index (χ3n) is 2.49. The largest absolute Gasteiger partial charge is 0.375 e. The van der Waals surface area contributed by atoms with Crippen LogP contribution >= 0.6 is 0 Å². The molecule has 1 aliphatic heterocycles. The molecule has 1 rings (SSSR count). The highest BCUT2D eigenvalue weighted by molar-refractivity contribution is 4.75. The maximum atomic E-state index is 5.86. The van der Waals surface area contributed by atoms with E-state index < -0.39 is 0 Å². The van der Waals surface area contributed by atoms with Crippen LogP contribution in [0.4, 0.5) is 0 Å². The summed E-state index contributed by atoms with van der Waals surface area (Å²) < 4.78 is 5.86. The first-order valence-corrected chi connectivity index (χ1v) is 4.89. The smallest absolute Gasteiger partial charge is 0.0602 e. The fourth-order valence-corrected chi connectivity index (χ4v) is 1.76. The molecular weight excluding hydrogens is 136 g/mol. The van der Waals surface area contributed by atoms with Gasteiger partial charge in [0.1, 0.15) is 0 Å². The second kappa shape index (κ2) is 4.10. The number of hydrogen-bond acceptors (Lipinski definition) is 1. The monoisotopic (exact) mass is 156 g/mol. The fourth-order valence-electron chi connectivity index (χ4n) is 1.76. The van der Waals surface area contributed by atoms with Crippen molar-refractivity contribution in [3.8, 4) is 0 Å². The van der Waals surface area contributed by atoms with E-state index in [1.54, 1.807) is 0 Å². The molecule has 0 saturated carbocycles. The highest BCUT2D eigenvalue weighted by atomic mass is 16.5. The average molecular weight is 156 g/mol. The van der Waals surface area contributed by atoms with Gasteiger partial charge in [-0.2, -0.15) is 0 Å². The topological polar surface area (TPSA) is 9.23 Å². The van der Waals surface area contributed by atoms with E-state index in [-0.39, 0.29) is 0 Å². The van der Waals surface area contributed by atoms with Gasteiger partial charge in [0.25, 0.3) is 0 Å². The number of ether oxygens (including phenoxy) is 1. The van der Waals surface area contributed by atoms with Gasteiger partial charge in [-0.25, -0.2) is 0 Å². The first-order valence-electron chi connectivity index (χ1n) is 4.89. The summed E-state index contributed by atoms with van der Waals surface area (Å²) in [6.45, 7) is 6.73. The van der Waals surface area contributed by atoms with Crippen molar-refractivity contribution >= 4 is 0 Å². The summed E-state index contributed by atoms with van der Waals surface area (Å²) in [5.74, 6) is 0.705. The minimum Gasteiger partial charge on any atom is -0.375 e. The second-order valence-corrected chi connectivity index (χ2v) is 3.91. The molecule has 0 bridgehead atoms. The molecule has 0 aliphatic carbocycles. The molecule has 0 radical (unpaired) electrons. The number of hydrogen-bond donors (Lipinski definition) is 0. The van der Waals surface area contributed by atoms with Crippen LogP contribution in [0.15, 0.2) is 0 Å². The molecule has 0 unspecified atom stereocenters. The molecule has 66 valence electrons. The van der Waals surface area contributed by atoms with Gasteiger partial charge in [0.15, 0.2) is 0 Å². The molecule has 0 aromatic rings. The fraction of sp³-hybridized carbons (Fsp3) is 1.00. The van der Waals surface area contributed by atoms with Crippen LogP contribution in [0, 0.1) is 5.92 Å². The maximum Gasteiger partial charge on any atom is 0.0602 e. The van der Waals surface area contributed by atoms with Crippen molar-refractivity contribution in [1.29, 1.82) is 0 Å². The minimum atomic E-state index is 0.548. The van der Waals surface area contributed by atoms with Crippen LogP contribution in [-0.4, -0.2) is 12.2 Å². The Balaban J connectivity index is 2.23. The summed E-state index contributed by atoms with van der Waals surface area (Å²) in [6.07, 6.45) is 6.21. The summed E-state index contributed by atoms with van der Waals surface area (Å²) in [5.41, 5.74) is 0. The molecule has 1 nitrogen and oxygen atoms in total. The van der Waals surface area contributed by atoms with Crippen molar-refractivity contribution in [3.63, 3.8) is 0 Å². The molecule has 1 heterocycles. The molecule has 0 spiro atoms. The first kappa shape index (κ1) is 9.05. The van der Waals surface area contributed by atoms with E-state index in [2.05, 4.69) is 20.8 Å². The Hall–Kier alpha value is -0.0400. The van der Waals surface area contributed by atoms with Gasteiger partial charge in [0.05, 0.1) is 12.2 Å². The van der Waals surface area contributed by atoms with Gasteiger partial charge in [-0.15, -0.1) is 0 Å². The Morgan fingerprint density at radius 2 is 2.09 bits per heavy atom. The van der Waals surface area contributed by atoms with Crippen molar-refractivity contribution in [1.82, 2.24) is 0 Å². The van der Waals surface area contributed by atoms with Crippen molar-refractivity contribution in [2.45, 2.75) is 58.7 Å². The van der Waals surface area contributed by atoms with Crippen molar-refractivity contribution in [2.24, 2.45) is 5.92 Å². The molecule has 1 heteroatoms. The van der Waals surface area contributed by atoms with Crippen molar-refractivity contribution in [2.75, 3.05) is 0 Å². The lowest BCUT2D eigenvalue weighted by Gasteiger charge is -2.15. The van der Waals surface area contributed by atoms with E-state index >= 15 is 0 Å². The van der Waals surface area contributed by atoms with Gasteiger partial charge in [0.2, 0.25) is 0 Å². The van der Waals surface area contributed by atoms with Crippen LogP contribution < -0.4 is 0 Å². The van der Waals surface area contributed by atoms with Crippen LogP contribution in [-0.2, 0) is 4.74 Å². The highest BCUT2D eigenvalue weighted by Gasteiger charge is 2.26. The van der Waals surface area contributed by atoms with E-state index in [9.17, 15) is 0 Å². The maximum absolute atomic E-state index is 5.86. The van der Waals surface area contributed by atoms with Crippen LogP contribution in [0.2, 0.25) is 0 Å². The van der Waals surface area contributed by atoms with E-state index in [0.29, 0.717) is 18.1 Å². The summed E-state index contributed by atoms with van der Waals surface area (Å²) >= 11 is 0. The normalized spacial score (nSPS) is 31.6. The van der Waals surface area contributed by atoms with Gasteiger partial charge in [-0.3, -0.25) is 0 Å². The highest BCUT2D eigenvalue weighted by Crippen LogP contribution is 2.27. The Morgan fingerprint density at radius 1 is 1.36 bits per heavy atom. The lowest BCUT2D eigenvalue weighted by atomic mass is 10.0. The summed E-state index contributed by atoms with van der Waals surface area (Å²) in [4.78, 5) is 0. The molecule has 0 N–H and O–H groups in total. The quantitative estimate of drug-likeness (QED) is 0.610. The van der Waals surface area contributed by atoms with Gasteiger partial charge in [0, 0.05) is 0 Å². The molecule has 1 saturated heterocycles. The van der Waals surface area contributed by atoms with E-state index in [4.69, 9.17) is 4.74 Å². The second-order valence-electron chi connectivity index (χ2n) is 3.91. The molecule has 11 heavy (non-hydrogen) atoms. The lowest BCUT2D eigenvalue weighted by molar-refractivity contribution is 0.0156. The standard InChI is InChI=1S/C10H20O/c1-4-5-9-6-7-10(11-9)8(2)3/h8-10H,4-7H2,1-3H3/t9-,10-/m1/s1. The molecule has 2 atom stereocenters. The van der Waals surface area contributed by atoms with E-state index in [0.717, 1.165) is 0 Å². The SMILES string of the molecule is CCC[C@@H]1CC[C@H](C(C)C)O1. The summed E-state index contributed by atoms with van der Waals surface area (Å²) in [7, 11) is 0. The van der Waals surface area contributed by atoms with Crippen LogP contribution in [0.1, 0.15) is 46.5 Å². The Kier molecular flexibility index (Phi) is 3.38. The van der Waals surface area contributed by atoms with Gasteiger partial charge < -0.3 is 4.74 Å². The molecule has 1 aliphatic rings. The van der Waals surface area contributed by atoms with E-state index in [1.807, 2.05) is 0 Å². The molecule has 0 amide bonds. The van der Waals surface area contributed by atoms with Crippen LogP contribution in [0.25, 0.3) is 0 Å². The molecule has 0 aromatic heterocycles. The molecule has 1 fully saturated rings. The third-order valence-corrected chi connectivity index (χ3v) is 2.49. The van der Waals surface area contributed by atoms with Crippen LogP contribution in [0.5, 0.6) is 0 Å². The van der Waals surface area contributed by atoms with E-state index in [1.165, 1.54) is 25.7 Å². The first-order chi connectivity index (χ1) is 5.24. The van der Waals surface area contributed by atoms with Crippen molar-refractivity contribution < 1.29 is 4.74 Å². The van der Waals surface area contributed by atoms with Gasteiger partial charge >= 0.3 is 0 Å². The molecule has 0 aromatic carbocycles. The minimum absolute atomic E-state index is 0.548. The average Bonchev–Trinajstić information content (AvgIpc) is 2.37. The Bertz CT molecular complexity index is 109. The molecular formula is C10H20O. The number of rotatable bonds is 3. The Morgan fingerprint density at radius 3 is 2.55 bits per heavy atom. The zero-order valence-electron chi connectivity index (χ0n) is 7.97. The zero-order valence-corrected chi connectivity index (χ0v) is 7.97. The zero-order chi connectivity index (χ0) is 8.27. The summed E-state index contributed by atoms with van der Waals surface area (Å²) in [6, 6.07) is 0. The van der Waals surface area contributed by atoms with Crippen molar-refractivity contribution in [3.05, 3.63) is 0 Å². The lowest BCUT2D eigenvalue weighted by Crippen LogP contribution is -2.16. The Labute approximate surface area is 70.1 Å². The van der Waals surface area contributed by atoms with Gasteiger partial charge in [-0.05, 0) is 25.2 Å². The van der Waals surface area contributed by atoms with Crippen LogP contribution in [0.3, 0.4) is 0 Å². The van der Waals surface area contributed by atoms with Gasteiger partial charge in [-0.1, -0.05) is 27.2 Å².